The molecule has 1 aromatic carbocycles. The predicted molar refractivity (Wildman–Crippen MR) is 55.2 cm³/mol. The summed E-state index contributed by atoms with van der Waals surface area (Å²) in [6, 6.07) is 1.20. The second-order valence-electron chi connectivity index (χ2n) is 3.91. The van der Waals surface area contributed by atoms with Gasteiger partial charge in [0, 0.05) is 13.1 Å². The molecule has 2 N–H and O–H groups in total. The molecule has 1 aliphatic rings. The van der Waals surface area contributed by atoms with E-state index in [4.69, 9.17) is 0 Å². The number of nitrogens with one attached hydrogen (secondary N) is 2. The van der Waals surface area contributed by atoms with Gasteiger partial charge in [0.15, 0.2) is 0 Å². The number of hydrogen-bond acceptors (Lipinski definition) is 2. The largest absolute Gasteiger partial charge is 0.416 e. The molecule has 1 aromatic rings. The van der Waals surface area contributed by atoms with Crippen LogP contribution in [-0.2, 0) is 11.0 Å². The summed E-state index contributed by atoms with van der Waals surface area (Å²) < 4.78 is 51.3. The van der Waals surface area contributed by atoms with Crippen LogP contribution in [-0.4, -0.2) is 19.0 Å². The van der Waals surface area contributed by atoms with Crippen LogP contribution in [0.25, 0.3) is 0 Å². The smallest absolute Gasteiger partial charge is 0.353 e. The summed E-state index contributed by atoms with van der Waals surface area (Å²) in [5.74, 6) is -1.53. The molecule has 7 heteroatoms. The molecule has 3 nitrogen and oxygen atoms in total. The van der Waals surface area contributed by atoms with E-state index in [1.807, 2.05) is 0 Å². The summed E-state index contributed by atoms with van der Waals surface area (Å²) in [5.41, 5.74) is -1.39. The molecule has 1 aliphatic heterocycles. The average Bonchev–Trinajstić information content (AvgIpc) is 2.29. The summed E-state index contributed by atoms with van der Waals surface area (Å²) in [4.78, 5) is 11.5. The van der Waals surface area contributed by atoms with Crippen molar-refractivity contribution in [3.63, 3.8) is 0 Å². The number of piperazine rings is 1. The second kappa shape index (κ2) is 4.56. The minimum Gasteiger partial charge on any atom is -0.353 e. The number of alkyl halides is 3. The number of amides is 1. The average molecular weight is 262 g/mol. The number of hydrogen-bond donors (Lipinski definition) is 2. The zero-order valence-electron chi connectivity index (χ0n) is 9.14. The quantitative estimate of drug-likeness (QED) is 0.755. The molecule has 0 aliphatic carbocycles. The maximum Gasteiger partial charge on any atom is 0.416 e. The highest BCUT2D eigenvalue weighted by molar-refractivity contribution is 5.84. The highest BCUT2D eigenvalue weighted by atomic mass is 19.4. The molecule has 98 valence electrons. The number of halogens is 4. The van der Waals surface area contributed by atoms with Gasteiger partial charge in [-0.05, 0) is 17.7 Å². The van der Waals surface area contributed by atoms with Crippen molar-refractivity contribution in [3.05, 3.63) is 35.1 Å². The minimum atomic E-state index is -4.70. The van der Waals surface area contributed by atoms with Crippen LogP contribution in [0.2, 0.25) is 0 Å². The summed E-state index contributed by atoms with van der Waals surface area (Å²) in [7, 11) is 0. The van der Waals surface area contributed by atoms with Crippen molar-refractivity contribution in [2.75, 3.05) is 13.1 Å². The molecule has 18 heavy (non-hydrogen) atoms. The molecule has 1 fully saturated rings. The van der Waals surface area contributed by atoms with Crippen molar-refractivity contribution >= 4 is 5.91 Å². The Balaban J connectivity index is 2.46. The third-order valence-corrected chi connectivity index (χ3v) is 2.67. The molecule has 0 saturated carbocycles. The van der Waals surface area contributed by atoms with Crippen molar-refractivity contribution < 1.29 is 22.4 Å². The van der Waals surface area contributed by atoms with E-state index in [2.05, 4.69) is 10.6 Å². The third kappa shape index (κ3) is 2.45. The summed E-state index contributed by atoms with van der Waals surface area (Å²) in [6.07, 6.45) is -4.70. The van der Waals surface area contributed by atoms with Gasteiger partial charge in [-0.25, -0.2) is 4.39 Å². The van der Waals surface area contributed by atoms with Crippen LogP contribution in [0.1, 0.15) is 17.2 Å². The molecule has 2 rings (SSSR count). The van der Waals surface area contributed by atoms with Gasteiger partial charge in [-0.15, -0.1) is 0 Å². The zero-order valence-corrected chi connectivity index (χ0v) is 9.14. The number of carbonyl (C=O) groups is 1. The highest BCUT2D eigenvalue weighted by Gasteiger charge is 2.37. The van der Waals surface area contributed by atoms with Gasteiger partial charge in [-0.2, -0.15) is 13.2 Å². The molecule has 0 spiro atoms. The van der Waals surface area contributed by atoms with E-state index in [0.29, 0.717) is 19.2 Å². The van der Waals surface area contributed by atoms with Crippen molar-refractivity contribution in [2.45, 2.75) is 12.2 Å². The van der Waals surface area contributed by atoms with E-state index in [-0.39, 0.29) is 5.56 Å². The van der Waals surface area contributed by atoms with Gasteiger partial charge >= 0.3 is 6.18 Å². The normalized spacial score (nSPS) is 20.7. The summed E-state index contributed by atoms with van der Waals surface area (Å²) >= 11 is 0. The van der Waals surface area contributed by atoms with Gasteiger partial charge in [0.25, 0.3) is 0 Å². The van der Waals surface area contributed by atoms with Crippen LogP contribution in [0.5, 0.6) is 0 Å². The molecule has 1 amide bonds. The van der Waals surface area contributed by atoms with Crippen LogP contribution >= 0.6 is 0 Å². The maximum atomic E-state index is 12.9. The molecule has 1 unspecified atom stereocenters. The van der Waals surface area contributed by atoms with E-state index in [0.717, 1.165) is 12.1 Å². The summed E-state index contributed by atoms with van der Waals surface area (Å²) in [6.45, 7) is 0.725. The third-order valence-electron chi connectivity index (χ3n) is 2.67. The highest BCUT2D eigenvalue weighted by Crippen LogP contribution is 2.35. The Bertz CT molecular complexity index is 473. The summed E-state index contributed by atoms with van der Waals surface area (Å²) in [5, 5.41) is 5.14. The Hall–Kier alpha value is -1.63. The van der Waals surface area contributed by atoms with E-state index in [9.17, 15) is 22.4 Å². The van der Waals surface area contributed by atoms with Gasteiger partial charge in [0.05, 0.1) is 5.56 Å². The molecule has 0 radical (unpaired) electrons. The minimum absolute atomic E-state index is 0.263. The van der Waals surface area contributed by atoms with E-state index in [1.165, 1.54) is 0 Å². The van der Waals surface area contributed by atoms with E-state index >= 15 is 0 Å². The molecular formula is C11H10F4N2O. The predicted octanol–water partition coefficient (Wildman–Crippen LogP) is 1.60. The lowest BCUT2D eigenvalue weighted by atomic mass is 9.98. The maximum absolute atomic E-state index is 12.9. The zero-order chi connectivity index (χ0) is 13.3. The fourth-order valence-corrected chi connectivity index (χ4v) is 1.87. The topological polar surface area (TPSA) is 41.1 Å². The Labute approximate surface area is 100 Å². The molecule has 0 aromatic heterocycles. The molecular weight excluding hydrogens is 252 g/mol. The Morgan fingerprint density at radius 1 is 1.22 bits per heavy atom. The second-order valence-corrected chi connectivity index (χ2v) is 3.91. The van der Waals surface area contributed by atoms with E-state index < -0.39 is 29.5 Å². The molecule has 0 bridgehead atoms. The molecule has 1 atom stereocenters. The first-order valence-corrected chi connectivity index (χ1v) is 5.27. The lowest BCUT2D eigenvalue weighted by Gasteiger charge is -2.26. The molecule has 1 saturated heterocycles. The SMILES string of the molecule is O=C1NCCNC1c1ccc(F)cc1C(F)(F)F. The molecule has 1 heterocycles. The van der Waals surface area contributed by atoms with Crippen LogP contribution in [0.3, 0.4) is 0 Å². The van der Waals surface area contributed by atoms with Crippen LogP contribution in [0.15, 0.2) is 18.2 Å². The lowest BCUT2D eigenvalue weighted by Crippen LogP contribution is -2.47. The Morgan fingerprint density at radius 2 is 1.94 bits per heavy atom. The Morgan fingerprint density at radius 3 is 2.56 bits per heavy atom. The lowest BCUT2D eigenvalue weighted by molar-refractivity contribution is -0.139. The number of carbonyl (C=O) groups excluding carboxylic acids is 1. The number of benzene rings is 1. The van der Waals surface area contributed by atoms with Crippen molar-refractivity contribution in [2.24, 2.45) is 0 Å². The first-order valence-electron chi connectivity index (χ1n) is 5.27. The van der Waals surface area contributed by atoms with Crippen LogP contribution in [0.4, 0.5) is 17.6 Å². The first kappa shape index (κ1) is 12.8. The van der Waals surface area contributed by atoms with Gasteiger partial charge < -0.3 is 10.6 Å². The van der Waals surface area contributed by atoms with Crippen LogP contribution in [0, 0.1) is 5.82 Å². The fraction of sp³-hybridized carbons (Fsp3) is 0.364. The Kier molecular flexibility index (Phi) is 3.25. The van der Waals surface area contributed by atoms with Gasteiger partial charge in [0.1, 0.15) is 11.9 Å². The van der Waals surface area contributed by atoms with Gasteiger partial charge in [0.2, 0.25) is 5.91 Å². The van der Waals surface area contributed by atoms with E-state index in [1.54, 1.807) is 0 Å². The van der Waals surface area contributed by atoms with Crippen molar-refractivity contribution in [1.82, 2.24) is 10.6 Å². The van der Waals surface area contributed by atoms with Gasteiger partial charge in [-0.1, -0.05) is 6.07 Å². The van der Waals surface area contributed by atoms with Crippen molar-refractivity contribution in [1.29, 1.82) is 0 Å². The van der Waals surface area contributed by atoms with Crippen LogP contribution < -0.4 is 10.6 Å². The van der Waals surface area contributed by atoms with Gasteiger partial charge in [-0.3, -0.25) is 4.79 Å². The standard InChI is InChI=1S/C11H10F4N2O/c12-6-1-2-7(8(5-6)11(13,14)15)9-10(18)17-4-3-16-9/h1-2,5,9,16H,3-4H2,(H,17,18). The first-order chi connectivity index (χ1) is 8.39. The monoisotopic (exact) mass is 262 g/mol. The fourth-order valence-electron chi connectivity index (χ4n) is 1.87. The number of rotatable bonds is 1. The van der Waals surface area contributed by atoms with Crippen molar-refractivity contribution in [3.8, 4) is 0 Å².